The summed E-state index contributed by atoms with van der Waals surface area (Å²) >= 11 is 0. The average molecular weight is 322 g/mol. The summed E-state index contributed by atoms with van der Waals surface area (Å²) in [5.41, 5.74) is 2.60. The van der Waals surface area contributed by atoms with Gasteiger partial charge in [0.05, 0.1) is 5.69 Å². The Morgan fingerprint density at radius 2 is 2.17 bits per heavy atom. The maximum absolute atomic E-state index is 12.4. The van der Waals surface area contributed by atoms with Crippen LogP contribution in [0.25, 0.3) is 11.3 Å². The molecule has 1 aromatic carbocycles. The third-order valence-electron chi connectivity index (χ3n) is 4.25. The van der Waals surface area contributed by atoms with Gasteiger partial charge in [-0.3, -0.25) is 4.79 Å². The summed E-state index contributed by atoms with van der Waals surface area (Å²) in [7, 11) is 0. The molecule has 0 bridgehead atoms. The van der Waals surface area contributed by atoms with Crippen molar-refractivity contribution in [2.24, 2.45) is 0 Å². The normalized spacial score (nSPS) is 16.6. The number of nitrogens with zero attached hydrogens (tertiary/aromatic N) is 3. The number of hydrogen-bond acceptors (Lipinski definition) is 4. The number of carbonyl (C=O) groups is 1. The molecule has 3 heterocycles. The lowest BCUT2D eigenvalue weighted by Crippen LogP contribution is -2.40. The van der Waals surface area contributed by atoms with Gasteiger partial charge in [0.15, 0.2) is 0 Å². The number of aryl methyl sites for hydroxylation is 2. The maximum Gasteiger partial charge on any atom is 0.290 e. The van der Waals surface area contributed by atoms with Gasteiger partial charge in [-0.05, 0) is 13.3 Å². The van der Waals surface area contributed by atoms with Crippen molar-refractivity contribution in [2.75, 3.05) is 0 Å². The molecule has 0 saturated heterocycles. The zero-order valence-corrected chi connectivity index (χ0v) is 13.4. The monoisotopic (exact) mass is 322 g/mol. The SMILES string of the molecule is Cc1cn2c(n1)CC[C@@H](NC(=O)c1cc(-c3ccccc3)no1)C2. The van der Waals surface area contributed by atoms with E-state index < -0.39 is 0 Å². The quantitative estimate of drug-likeness (QED) is 0.804. The van der Waals surface area contributed by atoms with Crippen molar-refractivity contribution in [3.8, 4) is 11.3 Å². The number of aromatic nitrogens is 3. The van der Waals surface area contributed by atoms with E-state index in [1.54, 1.807) is 6.07 Å². The highest BCUT2D eigenvalue weighted by Crippen LogP contribution is 2.19. The summed E-state index contributed by atoms with van der Waals surface area (Å²) in [6, 6.07) is 11.4. The van der Waals surface area contributed by atoms with Crippen LogP contribution in [0.5, 0.6) is 0 Å². The van der Waals surface area contributed by atoms with E-state index in [0.29, 0.717) is 5.69 Å². The Bertz CT molecular complexity index is 866. The molecule has 3 aromatic rings. The van der Waals surface area contributed by atoms with E-state index in [0.717, 1.165) is 36.5 Å². The van der Waals surface area contributed by atoms with E-state index in [1.165, 1.54) is 0 Å². The summed E-state index contributed by atoms with van der Waals surface area (Å²) in [4.78, 5) is 16.9. The molecule has 0 fully saturated rings. The lowest BCUT2D eigenvalue weighted by molar-refractivity contribution is 0.0890. The van der Waals surface area contributed by atoms with Crippen LogP contribution in [0.2, 0.25) is 0 Å². The number of hydrogen-bond donors (Lipinski definition) is 1. The van der Waals surface area contributed by atoms with E-state index in [4.69, 9.17) is 4.52 Å². The molecule has 1 N–H and O–H groups in total. The average Bonchev–Trinajstić information content (AvgIpc) is 3.21. The fraction of sp³-hybridized carbons (Fsp3) is 0.278. The topological polar surface area (TPSA) is 73.0 Å². The molecule has 24 heavy (non-hydrogen) atoms. The van der Waals surface area contributed by atoms with Crippen molar-refractivity contribution >= 4 is 5.91 Å². The van der Waals surface area contributed by atoms with Gasteiger partial charge in [0.25, 0.3) is 5.91 Å². The van der Waals surface area contributed by atoms with Crippen LogP contribution in [-0.4, -0.2) is 26.7 Å². The molecule has 0 aliphatic carbocycles. The summed E-state index contributed by atoms with van der Waals surface area (Å²) in [5.74, 6) is 1.10. The van der Waals surface area contributed by atoms with Crippen LogP contribution < -0.4 is 5.32 Å². The minimum absolute atomic E-state index is 0.0730. The van der Waals surface area contributed by atoms with E-state index >= 15 is 0 Å². The predicted molar refractivity (Wildman–Crippen MR) is 88.5 cm³/mol. The van der Waals surface area contributed by atoms with Crippen molar-refractivity contribution < 1.29 is 9.32 Å². The third-order valence-corrected chi connectivity index (χ3v) is 4.25. The molecule has 0 unspecified atom stereocenters. The highest BCUT2D eigenvalue weighted by atomic mass is 16.5. The maximum atomic E-state index is 12.4. The molecule has 122 valence electrons. The van der Waals surface area contributed by atoms with Crippen molar-refractivity contribution in [3.63, 3.8) is 0 Å². The fourth-order valence-corrected chi connectivity index (χ4v) is 3.09. The number of rotatable bonds is 3. The van der Waals surface area contributed by atoms with Crippen LogP contribution in [0.4, 0.5) is 0 Å². The highest BCUT2D eigenvalue weighted by molar-refractivity contribution is 5.92. The second-order valence-electron chi connectivity index (χ2n) is 6.10. The molecule has 0 saturated carbocycles. The van der Waals surface area contributed by atoms with Crippen LogP contribution >= 0.6 is 0 Å². The molecule has 2 aromatic heterocycles. The smallest absolute Gasteiger partial charge is 0.290 e. The first-order valence-corrected chi connectivity index (χ1v) is 8.05. The van der Waals surface area contributed by atoms with E-state index in [9.17, 15) is 4.79 Å². The first kappa shape index (κ1) is 14.7. The molecule has 0 radical (unpaired) electrons. The van der Waals surface area contributed by atoms with Crippen molar-refractivity contribution in [1.82, 2.24) is 20.0 Å². The van der Waals surface area contributed by atoms with Crippen molar-refractivity contribution in [3.05, 3.63) is 59.9 Å². The molecule has 1 aliphatic rings. The van der Waals surface area contributed by atoms with Crippen LogP contribution in [-0.2, 0) is 13.0 Å². The van der Waals surface area contributed by atoms with Gasteiger partial charge < -0.3 is 14.4 Å². The standard InChI is InChI=1S/C18H18N4O2/c1-12-10-22-11-14(7-8-17(22)19-12)20-18(23)16-9-15(21-24-16)13-5-3-2-4-6-13/h2-6,9-10,14H,7-8,11H2,1H3,(H,20,23)/t14-/m1/s1. The van der Waals surface area contributed by atoms with Gasteiger partial charge in [-0.15, -0.1) is 0 Å². The van der Waals surface area contributed by atoms with Gasteiger partial charge in [0.1, 0.15) is 11.5 Å². The Hall–Kier alpha value is -2.89. The second-order valence-corrected chi connectivity index (χ2v) is 6.10. The Kier molecular flexibility index (Phi) is 3.65. The fourth-order valence-electron chi connectivity index (χ4n) is 3.09. The molecular formula is C18H18N4O2. The largest absolute Gasteiger partial charge is 0.350 e. The Morgan fingerprint density at radius 3 is 3.00 bits per heavy atom. The van der Waals surface area contributed by atoms with Gasteiger partial charge in [-0.25, -0.2) is 4.98 Å². The van der Waals surface area contributed by atoms with Crippen LogP contribution in [0.15, 0.2) is 47.1 Å². The molecule has 1 atom stereocenters. The molecular weight excluding hydrogens is 304 g/mol. The third kappa shape index (κ3) is 2.82. The van der Waals surface area contributed by atoms with Crippen molar-refractivity contribution in [1.29, 1.82) is 0 Å². The van der Waals surface area contributed by atoms with Gasteiger partial charge in [0.2, 0.25) is 5.76 Å². The molecule has 6 heteroatoms. The number of benzene rings is 1. The zero-order chi connectivity index (χ0) is 16.5. The molecule has 6 nitrogen and oxygen atoms in total. The minimum atomic E-state index is -0.227. The predicted octanol–water partition coefficient (Wildman–Crippen LogP) is 2.59. The lowest BCUT2D eigenvalue weighted by Gasteiger charge is -2.24. The number of nitrogens with one attached hydrogen (secondary N) is 1. The number of carbonyl (C=O) groups excluding carboxylic acids is 1. The van der Waals surface area contributed by atoms with Crippen LogP contribution in [0, 0.1) is 6.92 Å². The summed E-state index contributed by atoms with van der Waals surface area (Å²) in [5, 5.41) is 7.02. The molecule has 0 spiro atoms. The lowest BCUT2D eigenvalue weighted by atomic mass is 10.1. The summed E-state index contributed by atoms with van der Waals surface area (Å²) in [6.45, 7) is 2.72. The summed E-state index contributed by atoms with van der Waals surface area (Å²) < 4.78 is 7.33. The molecule has 1 amide bonds. The highest BCUT2D eigenvalue weighted by Gasteiger charge is 2.23. The second kappa shape index (κ2) is 5.96. The first-order valence-electron chi connectivity index (χ1n) is 8.05. The molecule has 4 rings (SSSR count). The van der Waals surface area contributed by atoms with E-state index in [1.807, 2.05) is 43.5 Å². The van der Waals surface area contributed by atoms with Gasteiger partial charge in [-0.2, -0.15) is 0 Å². The van der Waals surface area contributed by atoms with Crippen molar-refractivity contribution in [2.45, 2.75) is 32.4 Å². The number of imidazole rings is 1. The van der Waals surface area contributed by atoms with E-state index in [-0.39, 0.29) is 17.7 Å². The minimum Gasteiger partial charge on any atom is -0.350 e. The Morgan fingerprint density at radius 1 is 1.33 bits per heavy atom. The first-order chi connectivity index (χ1) is 11.7. The number of fused-ring (bicyclic) bond motifs is 1. The van der Waals surface area contributed by atoms with Gasteiger partial charge >= 0.3 is 0 Å². The Balaban J connectivity index is 1.45. The van der Waals surface area contributed by atoms with Gasteiger partial charge in [0, 0.05) is 36.8 Å². The van der Waals surface area contributed by atoms with E-state index in [2.05, 4.69) is 20.0 Å². The zero-order valence-electron chi connectivity index (χ0n) is 13.4. The van der Waals surface area contributed by atoms with Crippen LogP contribution in [0.3, 0.4) is 0 Å². The molecule has 1 aliphatic heterocycles. The van der Waals surface area contributed by atoms with Crippen LogP contribution in [0.1, 0.15) is 28.5 Å². The number of amides is 1. The van der Waals surface area contributed by atoms with Gasteiger partial charge in [-0.1, -0.05) is 35.5 Å². The Labute approximate surface area is 139 Å². The summed E-state index contributed by atoms with van der Waals surface area (Å²) in [6.07, 6.45) is 3.77.